The monoisotopic (exact) mass is 224 g/mol. The second-order valence-electron chi connectivity index (χ2n) is 3.17. The van der Waals surface area contributed by atoms with Crippen LogP contribution in [0, 0.1) is 18.8 Å². The summed E-state index contributed by atoms with van der Waals surface area (Å²) in [6.07, 6.45) is 0.492. The topological polar surface area (TPSA) is 54.4 Å². The van der Waals surface area contributed by atoms with Crippen LogP contribution < -0.4 is 0 Å². The van der Waals surface area contributed by atoms with Crippen molar-refractivity contribution >= 4 is 10.1 Å². The van der Waals surface area contributed by atoms with E-state index in [4.69, 9.17) is 4.55 Å². The van der Waals surface area contributed by atoms with Gasteiger partial charge in [-0.05, 0) is 37.1 Å². The molecule has 1 rings (SSSR count). The van der Waals surface area contributed by atoms with E-state index in [2.05, 4.69) is 11.8 Å². The molecule has 15 heavy (non-hydrogen) atoms. The third-order valence-electron chi connectivity index (χ3n) is 2.07. The highest BCUT2D eigenvalue weighted by Crippen LogP contribution is 2.15. The predicted molar refractivity (Wildman–Crippen MR) is 58.1 cm³/mol. The fourth-order valence-corrected chi connectivity index (χ4v) is 1.71. The van der Waals surface area contributed by atoms with Crippen molar-refractivity contribution in [3.05, 3.63) is 29.3 Å². The minimum Gasteiger partial charge on any atom is -0.282 e. The lowest BCUT2D eigenvalue weighted by atomic mass is 10.1. The van der Waals surface area contributed by atoms with E-state index in [1.807, 2.05) is 6.92 Å². The smallest absolute Gasteiger partial charge is 0.282 e. The molecule has 0 bridgehead atoms. The highest BCUT2D eigenvalue weighted by atomic mass is 32.2. The van der Waals surface area contributed by atoms with Gasteiger partial charge < -0.3 is 0 Å². The zero-order chi connectivity index (χ0) is 11.5. The standard InChI is InChI=1S/C11H12O3S/c1-3-4-5-10-8-11(15(12,13)14)7-6-9(10)2/h6-8H,5H2,1-2H3,(H,12,13,14). The third-order valence-corrected chi connectivity index (χ3v) is 2.92. The molecule has 0 unspecified atom stereocenters. The molecule has 0 amide bonds. The van der Waals surface area contributed by atoms with Crippen LogP contribution in [0.2, 0.25) is 0 Å². The molecule has 0 atom stereocenters. The van der Waals surface area contributed by atoms with E-state index in [1.165, 1.54) is 12.1 Å². The van der Waals surface area contributed by atoms with Crippen LogP contribution in [-0.2, 0) is 16.5 Å². The molecule has 0 aliphatic rings. The zero-order valence-electron chi connectivity index (χ0n) is 8.61. The summed E-state index contributed by atoms with van der Waals surface area (Å²) in [5.41, 5.74) is 1.78. The molecule has 0 aliphatic heterocycles. The molecule has 3 nitrogen and oxygen atoms in total. The fourth-order valence-electron chi connectivity index (χ4n) is 1.18. The van der Waals surface area contributed by atoms with Gasteiger partial charge in [-0.2, -0.15) is 8.42 Å². The van der Waals surface area contributed by atoms with Crippen LogP contribution in [0.15, 0.2) is 23.1 Å². The number of rotatable bonds is 2. The van der Waals surface area contributed by atoms with Gasteiger partial charge in [-0.3, -0.25) is 4.55 Å². The number of hydrogen-bond donors (Lipinski definition) is 1. The van der Waals surface area contributed by atoms with E-state index in [0.717, 1.165) is 11.1 Å². The average molecular weight is 224 g/mol. The Hall–Kier alpha value is -1.31. The highest BCUT2D eigenvalue weighted by Gasteiger charge is 2.10. The molecule has 0 aromatic heterocycles. The van der Waals surface area contributed by atoms with Crippen molar-refractivity contribution in [1.82, 2.24) is 0 Å². The number of aryl methyl sites for hydroxylation is 1. The Labute approximate surface area is 89.9 Å². The molecule has 0 saturated heterocycles. The maximum Gasteiger partial charge on any atom is 0.294 e. The van der Waals surface area contributed by atoms with Gasteiger partial charge in [-0.25, -0.2) is 0 Å². The summed E-state index contributed by atoms with van der Waals surface area (Å²) in [6, 6.07) is 4.50. The van der Waals surface area contributed by atoms with Gasteiger partial charge in [0.25, 0.3) is 10.1 Å². The molecule has 1 N–H and O–H groups in total. The lowest BCUT2D eigenvalue weighted by Gasteiger charge is -2.04. The minimum absolute atomic E-state index is 0.0824. The molecule has 1 aromatic rings. The van der Waals surface area contributed by atoms with Gasteiger partial charge in [0, 0.05) is 6.42 Å². The van der Waals surface area contributed by atoms with Crippen molar-refractivity contribution in [2.45, 2.75) is 25.2 Å². The van der Waals surface area contributed by atoms with Crippen molar-refractivity contribution in [3.8, 4) is 11.8 Å². The van der Waals surface area contributed by atoms with E-state index < -0.39 is 10.1 Å². The van der Waals surface area contributed by atoms with Crippen molar-refractivity contribution in [2.75, 3.05) is 0 Å². The molecule has 0 spiro atoms. The molecule has 80 valence electrons. The van der Waals surface area contributed by atoms with Gasteiger partial charge in [0.05, 0.1) is 4.90 Å². The molecule has 0 saturated carbocycles. The highest BCUT2D eigenvalue weighted by molar-refractivity contribution is 7.85. The van der Waals surface area contributed by atoms with Gasteiger partial charge in [-0.1, -0.05) is 12.0 Å². The molecule has 0 radical (unpaired) electrons. The minimum atomic E-state index is -4.12. The van der Waals surface area contributed by atoms with Crippen molar-refractivity contribution < 1.29 is 13.0 Å². The molecule has 0 fully saturated rings. The molecule has 0 aliphatic carbocycles. The molecule has 0 heterocycles. The quantitative estimate of drug-likeness (QED) is 0.615. The Kier molecular flexibility index (Phi) is 3.51. The van der Waals surface area contributed by atoms with Gasteiger partial charge in [-0.15, -0.1) is 5.92 Å². The van der Waals surface area contributed by atoms with Crippen LogP contribution in [0.1, 0.15) is 18.1 Å². The van der Waals surface area contributed by atoms with Gasteiger partial charge in [0.15, 0.2) is 0 Å². The largest absolute Gasteiger partial charge is 0.294 e. The van der Waals surface area contributed by atoms with Crippen LogP contribution in [-0.4, -0.2) is 13.0 Å². The lowest BCUT2D eigenvalue weighted by molar-refractivity contribution is 0.483. The molecular formula is C11H12O3S. The second-order valence-corrected chi connectivity index (χ2v) is 4.59. The van der Waals surface area contributed by atoms with Gasteiger partial charge in [0.2, 0.25) is 0 Å². The summed E-state index contributed by atoms with van der Waals surface area (Å²) >= 11 is 0. The fraction of sp³-hybridized carbons (Fsp3) is 0.273. The molecular weight excluding hydrogens is 212 g/mol. The van der Waals surface area contributed by atoms with Crippen LogP contribution in [0.5, 0.6) is 0 Å². The van der Waals surface area contributed by atoms with Crippen LogP contribution >= 0.6 is 0 Å². The van der Waals surface area contributed by atoms with Crippen molar-refractivity contribution in [3.63, 3.8) is 0 Å². The Morgan fingerprint density at radius 1 is 1.40 bits per heavy atom. The summed E-state index contributed by atoms with van der Waals surface area (Å²) < 4.78 is 30.6. The first-order valence-corrected chi connectivity index (χ1v) is 5.86. The van der Waals surface area contributed by atoms with E-state index >= 15 is 0 Å². The second kappa shape index (κ2) is 4.47. The first-order valence-electron chi connectivity index (χ1n) is 4.42. The maximum atomic E-state index is 10.9. The van der Waals surface area contributed by atoms with E-state index in [1.54, 1.807) is 13.0 Å². The Morgan fingerprint density at radius 3 is 2.60 bits per heavy atom. The lowest BCUT2D eigenvalue weighted by Crippen LogP contribution is -2.00. The summed E-state index contributed by atoms with van der Waals surface area (Å²) in [4.78, 5) is -0.0824. The van der Waals surface area contributed by atoms with Crippen LogP contribution in [0.4, 0.5) is 0 Å². The van der Waals surface area contributed by atoms with Gasteiger partial charge >= 0.3 is 0 Å². The first-order chi connectivity index (χ1) is 6.95. The first kappa shape index (κ1) is 11.8. The number of hydrogen-bond acceptors (Lipinski definition) is 2. The summed E-state index contributed by atoms with van der Waals surface area (Å²) in [5, 5.41) is 0. The zero-order valence-corrected chi connectivity index (χ0v) is 9.43. The Morgan fingerprint density at radius 2 is 2.07 bits per heavy atom. The third kappa shape index (κ3) is 3.08. The molecule has 1 aromatic carbocycles. The number of benzene rings is 1. The summed E-state index contributed by atoms with van der Waals surface area (Å²) in [7, 11) is -4.12. The van der Waals surface area contributed by atoms with Crippen LogP contribution in [0.3, 0.4) is 0 Å². The Bertz CT molecular complexity index is 518. The summed E-state index contributed by atoms with van der Waals surface area (Å²) in [5.74, 6) is 5.60. The molecule has 4 heteroatoms. The van der Waals surface area contributed by atoms with E-state index in [9.17, 15) is 8.42 Å². The van der Waals surface area contributed by atoms with Crippen molar-refractivity contribution in [2.24, 2.45) is 0 Å². The Balaban J connectivity index is 3.21. The van der Waals surface area contributed by atoms with E-state index in [0.29, 0.717) is 6.42 Å². The average Bonchev–Trinajstić information content (AvgIpc) is 2.15. The van der Waals surface area contributed by atoms with Crippen LogP contribution in [0.25, 0.3) is 0 Å². The maximum absolute atomic E-state index is 10.9. The van der Waals surface area contributed by atoms with Gasteiger partial charge in [0.1, 0.15) is 0 Å². The SMILES string of the molecule is CC#CCc1cc(S(=O)(=O)O)ccc1C. The predicted octanol–water partition coefficient (Wildman–Crippen LogP) is 1.81. The van der Waals surface area contributed by atoms with E-state index in [-0.39, 0.29) is 4.90 Å². The van der Waals surface area contributed by atoms with Crippen molar-refractivity contribution in [1.29, 1.82) is 0 Å². The summed E-state index contributed by atoms with van der Waals surface area (Å²) in [6.45, 7) is 3.60. The normalized spacial score (nSPS) is 10.6.